The zero-order valence-corrected chi connectivity index (χ0v) is 11.9. The maximum atomic E-state index is 11.5. The van der Waals surface area contributed by atoms with Crippen molar-refractivity contribution in [1.82, 2.24) is 5.32 Å². The van der Waals surface area contributed by atoms with Crippen molar-refractivity contribution in [2.45, 2.75) is 38.8 Å². The van der Waals surface area contributed by atoms with Crippen LogP contribution in [0.3, 0.4) is 0 Å². The lowest BCUT2D eigenvalue weighted by Gasteiger charge is -2.29. The topological polar surface area (TPSA) is 98.5 Å². The molecule has 1 aliphatic rings. The average Bonchev–Trinajstić information content (AvgIpc) is 2.17. The molecule has 18 heavy (non-hydrogen) atoms. The van der Waals surface area contributed by atoms with Crippen LogP contribution >= 0.6 is 0 Å². The quantitative estimate of drug-likeness (QED) is 0.755. The minimum atomic E-state index is -3.02. The summed E-state index contributed by atoms with van der Waals surface area (Å²) in [5.74, 6) is -0.0718. The first-order valence-corrected chi connectivity index (χ1v) is 7.84. The van der Waals surface area contributed by atoms with E-state index in [2.05, 4.69) is 5.32 Å². The van der Waals surface area contributed by atoms with E-state index < -0.39 is 21.5 Å². The summed E-state index contributed by atoms with van der Waals surface area (Å²) in [7, 11) is -3.02. The Morgan fingerprint density at radius 1 is 1.44 bits per heavy atom. The lowest BCUT2D eigenvalue weighted by molar-refractivity contribution is 0.0518. The molecule has 6 nitrogen and oxygen atoms in total. The fraction of sp³-hybridized carbons (Fsp3) is 0.909. The number of carbonyl (C=O) groups is 1. The Bertz CT molecular complexity index is 400. The molecule has 1 aliphatic heterocycles. The normalized spacial score (nSPS) is 27.6. The van der Waals surface area contributed by atoms with Gasteiger partial charge >= 0.3 is 6.09 Å². The van der Waals surface area contributed by atoms with Crippen molar-refractivity contribution in [2.24, 2.45) is 11.7 Å². The number of nitrogens with two attached hydrogens (primary N) is 1. The molecule has 0 bridgehead atoms. The van der Waals surface area contributed by atoms with Crippen LogP contribution in [0.25, 0.3) is 0 Å². The Kier molecular flexibility index (Phi) is 4.61. The fourth-order valence-corrected chi connectivity index (χ4v) is 3.64. The van der Waals surface area contributed by atoms with Gasteiger partial charge < -0.3 is 15.8 Å². The van der Waals surface area contributed by atoms with Gasteiger partial charge in [0.05, 0.1) is 11.5 Å². The number of amides is 1. The smallest absolute Gasteiger partial charge is 0.407 e. The summed E-state index contributed by atoms with van der Waals surface area (Å²) in [4.78, 5) is 11.4. The van der Waals surface area contributed by atoms with Crippen LogP contribution in [0.4, 0.5) is 4.79 Å². The van der Waals surface area contributed by atoms with Gasteiger partial charge in [-0.1, -0.05) is 0 Å². The second-order valence-corrected chi connectivity index (χ2v) is 7.94. The van der Waals surface area contributed by atoms with E-state index in [1.54, 1.807) is 20.8 Å². The highest BCUT2D eigenvalue weighted by Gasteiger charge is 2.31. The highest BCUT2D eigenvalue weighted by Crippen LogP contribution is 2.17. The highest BCUT2D eigenvalue weighted by molar-refractivity contribution is 7.91. The molecular formula is C11H22N2O4S. The Morgan fingerprint density at radius 2 is 2.06 bits per heavy atom. The van der Waals surface area contributed by atoms with Crippen molar-refractivity contribution >= 4 is 15.9 Å². The molecule has 2 unspecified atom stereocenters. The maximum Gasteiger partial charge on any atom is 0.407 e. The molecule has 0 radical (unpaired) electrons. The van der Waals surface area contributed by atoms with E-state index in [0.29, 0.717) is 6.42 Å². The zero-order valence-electron chi connectivity index (χ0n) is 11.1. The van der Waals surface area contributed by atoms with E-state index in [1.165, 1.54) is 0 Å². The van der Waals surface area contributed by atoms with Crippen molar-refractivity contribution in [2.75, 3.05) is 18.1 Å². The Hall–Kier alpha value is -0.820. The predicted molar refractivity (Wildman–Crippen MR) is 69.0 cm³/mol. The average molecular weight is 278 g/mol. The van der Waals surface area contributed by atoms with Gasteiger partial charge in [0.2, 0.25) is 0 Å². The molecule has 0 spiro atoms. The van der Waals surface area contributed by atoms with Crippen LogP contribution in [0.5, 0.6) is 0 Å². The van der Waals surface area contributed by atoms with Crippen molar-refractivity contribution in [3.8, 4) is 0 Å². The molecule has 106 valence electrons. The summed E-state index contributed by atoms with van der Waals surface area (Å²) in [5, 5.41) is 2.57. The first-order chi connectivity index (χ1) is 8.09. The van der Waals surface area contributed by atoms with Gasteiger partial charge in [0.15, 0.2) is 9.84 Å². The van der Waals surface area contributed by atoms with Gasteiger partial charge in [-0.15, -0.1) is 0 Å². The van der Waals surface area contributed by atoms with E-state index in [0.717, 1.165) is 0 Å². The van der Waals surface area contributed by atoms with Crippen molar-refractivity contribution in [1.29, 1.82) is 0 Å². The lowest BCUT2D eigenvalue weighted by atomic mass is 10.00. The molecule has 1 rings (SSSR count). The Labute approximate surface area is 108 Å². The van der Waals surface area contributed by atoms with Gasteiger partial charge in [-0.2, -0.15) is 0 Å². The van der Waals surface area contributed by atoms with Crippen LogP contribution in [0.2, 0.25) is 0 Å². The van der Waals surface area contributed by atoms with Gasteiger partial charge in [-0.25, -0.2) is 13.2 Å². The number of hydrogen-bond acceptors (Lipinski definition) is 5. The van der Waals surface area contributed by atoms with E-state index >= 15 is 0 Å². The second kappa shape index (κ2) is 5.44. The number of sulfone groups is 1. The maximum absolute atomic E-state index is 11.5. The first kappa shape index (κ1) is 15.2. The van der Waals surface area contributed by atoms with Crippen molar-refractivity contribution < 1.29 is 17.9 Å². The third kappa shape index (κ3) is 5.22. The monoisotopic (exact) mass is 278 g/mol. The number of alkyl carbamates (subject to hydrolysis) is 1. The summed E-state index contributed by atoms with van der Waals surface area (Å²) >= 11 is 0. The zero-order chi connectivity index (χ0) is 14.0. The summed E-state index contributed by atoms with van der Waals surface area (Å²) in [5.41, 5.74) is 5.29. The minimum Gasteiger partial charge on any atom is -0.444 e. The molecule has 0 aliphatic carbocycles. The first-order valence-electron chi connectivity index (χ1n) is 6.02. The van der Waals surface area contributed by atoms with Crippen LogP contribution < -0.4 is 11.1 Å². The van der Waals surface area contributed by atoms with E-state index in [-0.39, 0.29) is 30.0 Å². The molecule has 0 aromatic carbocycles. The van der Waals surface area contributed by atoms with Crippen LogP contribution in [0.15, 0.2) is 0 Å². The second-order valence-electron chi connectivity index (χ2n) is 5.71. The third-order valence-corrected chi connectivity index (χ3v) is 4.54. The molecule has 1 saturated heterocycles. The molecule has 1 fully saturated rings. The predicted octanol–water partition coefficient (Wildman–Crippen LogP) is 0.273. The molecule has 1 amide bonds. The molecule has 0 aromatic heterocycles. The van der Waals surface area contributed by atoms with Gasteiger partial charge in [0.1, 0.15) is 5.60 Å². The van der Waals surface area contributed by atoms with Gasteiger partial charge in [0, 0.05) is 18.5 Å². The largest absolute Gasteiger partial charge is 0.444 e. The summed E-state index contributed by atoms with van der Waals surface area (Å²) < 4.78 is 28.0. The number of hydrogen-bond donors (Lipinski definition) is 2. The Morgan fingerprint density at radius 3 is 2.61 bits per heavy atom. The summed E-state index contributed by atoms with van der Waals surface area (Å²) in [6.45, 7) is 5.53. The van der Waals surface area contributed by atoms with Crippen LogP contribution in [-0.2, 0) is 14.6 Å². The number of carbonyl (C=O) groups excluding carboxylic acids is 1. The number of ether oxygens (including phenoxy) is 1. The summed E-state index contributed by atoms with van der Waals surface area (Å²) in [6.07, 6.45) is -0.0964. The fourth-order valence-electron chi connectivity index (χ4n) is 1.82. The van der Waals surface area contributed by atoms with Crippen LogP contribution in [0, 0.1) is 5.92 Å². The molecule has 7 heteroatoms. The SMILES string of the molecule is CC(C)(C)OC(=O)NCC1CS(=O)(=O)CCC1N. The summed E-state index contributed by atoms with van der Waals surface area (Å²) in [6, 6.07) is -0.191. The molecule has 0 aromatic rings. The number of rotatable bonds is 2. The highest BCUT2D eigenvalue weighted by atomic mass is 32.2. The van der Waals surface area contributed by atoms with E-state index in [9.17, 15) is 13.2 Å². The molecule has 1 heterocycles. The molecular weight excluding hydrogens is 256 g/mol. The van der Waals surface area contributed by atoms with E-state index in [4.69, 9.17) is 10.5 Å². The van der Waals surface area contributed by atoms with E-state index in [1.807, 2.05) is 0 Å². The lowest BCUT2D eigenvalue weighted by Crippen LogP contribution is -2.47. The molecule has 2 atom stereocenters. The molecule has 0 saturated carbocycles. The van der Waals surface area contributed by atoms with Crippen molar-refractivity contribution in [3.63, 3.8) is 0 Å². The van der Waals surface area contributed by atoms with Gasteiger partial charge in [-0.05, 0) is 27.2 Å². The van der Waals surface area contributed by atoms with Crippen molar-refractivity contribution in [3.05, 3.63) is 0 Å². The van der Waals surface area contributed by atoms with Crippen LogP contribution in [0.1, 0.15) is 27.2 Å². The Balaban J connectivity index is 2.45. The molecule has 3 N–H and O–H groups in total. The van der Waals surface area contributed by atoms with Gasteiger partial charge in [0.25, 0.3) is 0 Å². The third-order valence-electron chi connectivity index (χ3n) is 2.74. The van der Waals surface area contributed by atoms with Gasteiger partial charge in [-0.3, -0.25) is 0 Å². The standard InChI is InChI=1S/C11H22N2O4S/c1-11(2,3)17-10(14)13-6-8-7-18(15,16)5-4-9(8)12/h8-9H,4-7,12H2,1-3H3,(H,13,14). The van der Waals surface area contributed by atoms with Crippen LogP contribution in [-0.4, -0.2) is 44.2 Å². The minimum absolute atomic E-state index is 0.0317. The number of nitrogens with one attached hydrogen (secondary N) is 1.